The summed E-state index contributed by atoms with van der Waals surface area (Å²) in [6.45, 7) is 8.86. The van der Waals surface area contributed by atoms with E-state index in [0.29, 0.717) is 12.8 Å². The van der Waals surface area contributed by atoms with E-state index in [9.17, 15) is 5.11 Å². The molecule has 0 aliphatic rings. The molecule has 3 N–H and O–H groups in total. The van der Waals surface area contributed by atoms with Gasteiger partial charge in [0.1, 0.15) is 0 Å². The molecule has 64 valence electrons. The smallest absolute Gasteiger partial charge is 0.0697 e. The zero-order chi connectivity index (χ0) is 8.91. The van der Waals surface area contributed by atoms with E-state index in [1.54, 1.807) is 19.1 Å². The van der Waals surface area contributed by atoms with Gasteiger partial charge in [0.05, 0.1) is 6.10 Å². The second-order valence-corrected chi connectivity index (χ2v) is 2.89. The molecule has 0 radical (unpaired) electrons. The Morgan fingerprint density at radius 2 is 1.82 bits per heavy atom. The van der Waals surface area contributed by atoms with E-state index in [-0.39, 0.29) is 0 Å². The molecular formula is C9H17NO. The SMILES string of the molecule is C=CCC(N)(CC=C)C(C)O. The lowest BCUT2D eigenvalue weighted by Gasteiger charge is -2.30. The zero-order valence-electron chi connectivity index (χ0n) is 7.09. The second kappa shape index (κ2) is 4.31. The maximum atomic E-state index is 9.31. The van der Waals surface area contributed by atoms with Gasteiger partial charge in [-0.2, -0.15) is 0 Å². The first-order valence-corrected chi connectivity index (χ1v) is 3.75. The molecule has 11 heavy (non-hydrogen) atoms. The van der Waals surface area contributed by atoms with Crippen molar-refractivity contribution in [3.8, 4) is 0 Å². The largest absolute Gasteiger partial charge is 0.391 e. The monoisotopic (exact) mass is 155 g/mol. The lowest BCUT2D eigenvalue weighted by molar-refractivity contribution is 0.103. The van der Waals surface area contributed by atoms with Gasteiger partial charge in [-0.3, -0.25) is 0 Å². The van der Waals surface area contributed by atoms with E-state index in [1.165, 1.54) is 0 Å². The van der Waals surface area contributed by atoms with Crippen LogP contribution in [0.5, 0.6) is 0 Å². The van der Waals surface area contributed by atoms with Crippen molar-refractivity contribution in [3.05, 3.63) is 25.3 Å². The molecule has 2 heteroatoms. The van der Waals surface area contributed by atoms with Gasteiger partial charge < -0.3 is 10.8 Å². The molecule has 1 unspecified atom stereocenters. The Morgan fingerprint density at radius 1 is 1.45 bits per heavy atom. The molecule has 0 aromatic carbocycles. The van der Waals surface area contributed by atoms with Crippen molar-refractivity contribution in [1.82, 2.24) is 0 Å². The fourth-order valence-electron chi connectivity index (χ4n) is 0.962. The Morgan fingerprint density at radius 3 is 2.00 bits per heavy atom. The first kappa shape index (κ1) is 10.4. The molecule has 0 aromatic rings. The minimum Gasteiger partial charge on any atom is -0.391 e. The summed E-state index contributed by atoms with van der Waals surface area (Å²) >= 11 is 0. The number of aliphatic hydroxyl groups is 1. The first-order chi connectivity index (χ1) is 5.06. The van der Waals surface area contributed by atoms with Crippen LogP contribution in [-0.4, -0.2) is 16.7 Å². The van der Waals surface area contributed by atoms with Crippen LogP contribution in [0.4, 0.5) is 0 Å². The van der Waals surface area contributed by atoms with Crippen molar-refractivity contribution >= 4 is 0 Å². The molecule has 0 aliphatic heterocycles. The molecular weight excluding hydrogens is 138 g/mol. The van der Waals surface area contributed by atoms with Crippen molar-refractivity contribution in [2.24, 2.45) is 5.73 Å². The quantitative estimate of drug-likeness (QED) is 0.586. The summed E-state index contributed by atoms with van der Waals surface area (Å²) in [5.41, 5.74) is 5.29. The van der Waals surface area contributed by atoms with Crippen molar-refractivity contribution in [1.29, 1.82) is 0 Å². The van der Waals surface area contributed by atoms with Gasteiger partial charge in [-0.1, -0.05) is 12.2 Å². The number of nitrogens with two attached hydrogens (primary N) is 1. The Kier molecular flexibility index (Phi) is 4.08. The van der Waals surface area contributed by atoms with Crippen LogP contribution in [0, 0.1) is 0 Å². The Hall–Kier alpha value is -0.600. The standard InChI is InChI=1S/C9H17NO/c1-4-6-9(10,7-5-2)8(3)11/h4-5,8,11H,1-2,6-7,10H2,3H3. The van der Waals surface area contributed by atoms with Crippen LogP contribution in [0.1, 0.15) is 19.8 Å². The van der Waals surface area contributed by atoms with E-state index in [1.807, 2.05) is 0 Å². The molecule has 0 saturated carbocycles. The van der Waals surface area contributed by atoms with Crippen LogP contribution in [0.2, 0.25) is 0 Å². The summed E-state index contributed by atoms with van der Waals surface area (Å²) in [5.74, 6) is 0. The first-order valence-electron chi connectivity index (χ1n) is 3.75. The highest BCUT2D eigenvalue weighted by Gasteiger charge is 2.27. The van der Waals surface area contributed by atoms with Gasteiger partial charge >= 0.3 is 0 Å². The van der Waals surface area contributed by atoms with Gasteiger partial charge in [-0.15, -0.1) is 13.2 Å². The van der Waals surface area contributed by atoms with Crippen LogP contribution in [-0.2, 0) is 0 Å². The van der Waals surface area contributed by atoms with Gasteiger partial charge in [0.2, 0.25) is 0 Å². The fourth-order valence-corrected chi connectivity index (χ4v) is 0.962. The summed E-state index contributed by atoms with van der Waals surface area (Å²) in [6, 6.07) is 0. The maximum absolute atomic E-state index is 9.31. The number of hydrogen-bond donors (Lipinski definition) is 2. The molecule has 1 atom stereocenters. The van der Waals surface area contributed by atoms with Crippen molar-refractivity contribution in [2.75, 3.05) is 0 Å². The highest BCUT2D eigenvalue weighted by atomic mass is 16.3. The third-order valence-electron chi connectivity index (χ3n) is 1.88. The fraction of sp³-hybridized carbons (Fsp3) is 0.556. The Bertz CT molecular complexity index is 130. The normalized spacial score (nSPS) is 14.1. The molecule has 0 heterocycles. The lowest BCUT2D eigenvalue weighted by atomic mass is 9.87. The van der Waals surface area contributed by atoms with Gasteiger partial charge in [0.25, 0.3) is 0 Å². The number of rotatable bonds is 5. The molecule has 0 spiro atoms. The summed E-state index contributed by atoms with van der Waals surface area (Å²) in [4.78, 5) is 0. The predicted octanol–water partition coefficient (Wildman–Crippen LogP) is 1.22. The molecule has 0 rings (SSSR count). The average molecular weight is 155 g/mol. The van der Waals surface area contributed by atoms with E-state index in [0.717, 1.165) is 0 Å². The topological polar surface area (TPSA) is 46.2 Å². The molecule has 0 aromatic heterocycles. The van der Waals surface area contributed by atoms with Gasteiger partial charge in [0, 0.05) is 5.54 Å². The highest BCUT2D eigenvalue weighted by Crippen LogP contribution is 2.17. The molecule has 0 saturated heterocycles. The Labute approximate surface area is 68.4 Å². The highest BCUT2D eigenvalue weighted by molar-refractivity contribution is 4.99. The van der Waals surface area contributed by atoms with E-state index in [4.69, 9.17) is 5.73 Å². The lowest BCUT2D eigenvalue weighted by Crippen LogP contribution is -2.48. The van der Waals surface area contributed by atoms with Crippen molar-refractivity contribution in [2.45, 2.75) is 31.4 Å². The van der Waals surface area contributed by atoms with Gasteiger partial charge in [0.15, 0.2) is 0 Å². The van der Waals surface area contributed by atoms with Gasteiger partial charge in [-0.05, 0) is 19.8 Å². The van der Waals surface area contributed by atoms with Gasteiger partial charge in [-0.25, -0.2) is 0 Å². The van der Waals surface area contributed by atoms with Crippen LogP contribution >= 0.6 is 0 Å². The number of aliphatic hydroxyl groups excluding tert-OH is 1. The van der Waals surface area contributed by atoms with E-state index >= 15 is 0 Å². The summed E-state index contributed by atoms with van der Waals surface area (Å²) in [5, 5.41) is 9.31. The summed E-state index contributed by atoms with van der Waals surface area (Å²) < 4.78 is 0. The average Bonchev–Trinajstić information content (AvgIpc) is 1.88. The Balaban J connectivity index is 4.23. The van der Waals surface area contributed by atoms with Crippen molar-refractivity contribution < 1.29 is 5.11 Å². The third-order valence-corrected chi connectivity index (χ3v) is 1.88. The minimum absolute atomic E-state index is 0.529. The van der Waals surface area contributed by atoms with Crippen molar-refractivity contribution in [3.63, 3.8) is 0 Å². The second-order valence-electron chi connectivity index (χ2n) is 2.89. The van der Waals surface area contributed by atoms with Crippen LogP contribution < -0.4 is 5.73 Å². The zero-order valence-corrected chi connectivity index (χ0v) is 7.09. The van der Waals surface area contributed by atoms with Crippen LogP contribution in [0.15, 0.2) is 25.3 Å². The summed E-state index contributed by atoms with van der Waals surface area (Å²) in [7, 11) is 0. The molecule has 2 nitrogen and oxygen atoms in total. The minimum atomic E-state index is -0.580. The molecule has 0 aliphatic carbocycles. The number of hydrogen-bond acceptors (Lipinski definition) is 2. The predicted molar refractivity (Wildman–Crippen MR) is 48.2 cm³/mol. The van der Waals surface area contributed by atoms with Crippen LogP contribution in [0.3, 0.4) is 0 Å². The van der Waals surface area contributed by atoms with Crippen LogP contribution in [0.25, 0.3) is 0 Å². The van der Waals surface area contributed by atoms with E-state index < -0.39 is 11.6 Å². The summed E-state index contributed by atoms with van der Waals surface area (Å²) in [6.07, 6.45) is 4.12. The molecule has 0 fully saturated rings. The third kappa shape index (κ3) is 2.87. The van der Waals surface area contributed by atoms with E-state index in [2.05, 4.69) is 13.2 Å². The molecule has 0 bridgehead atoms. The maximum Gasteiger partial charge on any atom is 0.0697 e. The molecule has 0 amide bonds.